The fraction of sp³-hybridized carbons (Fsp3) is 0.278. The standard InChI is InChI=1S/C18H19NO6S/c1-23-18(20)14-8-6-13(7-9-14)12-26(21,22)19-10-15-11-24-16-4-2-3-5-17(16)25-15/h2-9,15,19H,10-12H2,1H3/t15-/m0/s1. The minimum absolute atomic E-state index is 0.108. The molecule has 0 fully saturated rings. The van der Waals surface area contributed by atoms with Crippen molar-refractivity contribution in [1.29, 1.82) is 0 Å². The van der Waals surface area contributed by atoms with Crippen LogP contribution >= 0.6 is 0 Å². The van der Waals surface area contributed by atoms with Gasteiger partial charge in [-0.15, -0.1) is 0 Å². The molecule has 1 atom stereocenters. The maximum atomic E-state index is 12.3. The van der Waals surface area contributed by atoms with Crippen LogP contribution in [0.2, 0.25) is 0 Å². The molecule has 3 rings (SSSR count). The van der Waals surface area contributed by atoms with Crippen LogP contribution in [0.3, 0.4) is 0 Å². The molecule has 0 radical (unpaired) electrons. The van der Waals surface area contributed by atoms with E-state index in [1.807, 2.05) is 12.1 Å². The smallest absolute Gasteiger partial charge is 0.337 e. The highest BCUT2D eigenvalue weighted by molar-refractivity contribution is 7.88. The molecule has 0 amide bonds. The topological polar surface area (TPSA) is 90.9 Å². The zero-order chi connectivity index (χ0) is 18.6. The van der Waals surface area contributed by atoms with Crippen LogP contribution in [-0.2, 0) is 20.5 Å². The van der Waals surface area contributed by atoms with Crippen molar-refractivity contribution >= 4 is 16.0 Å². The lowest BCUT2D eigenvalue weighted by molar-refractivity contribution is 0.0600. The average Bonchev–Trinajstić information content (AvgIpc) is 2.66. The third-order valence-corrected chi connectivity index (χ3v) is 5.15. The second-order valence-electron chi connectivity index (χ2n) is 5.79. The van der Waals surface area contributed by atoms with Gasteiger partial charge in [-0.3, -0.25) is 0 Å². The van der Waals surface area contributed by atoms with Crippen LogP contribution in [0.4, 0.5) is 0 Å². The Morgan fingerprint density at radius 3 is 2.54 bits per heavy atom. The van der Waals surface area contributed by atoms with E-state index < -0.39 is 22.1 Å². The molecule has 1 aliphatic heterocycles. The Kier molecular flexibility index (Phi) is 5.43. The molecule has 0 saturated carbocycles. The number of benzene rings is 2. The van der Waals surface area contributed by atoms with E-state index in [0.717, 1.165) is 0 Å². The van der Waals surface area contributed by atoms with Crippen molar-refractivity contribution in [2.45, 2.75) is 11.9 Å². The molecule has 1 heterocycles. The predicted octanol–water partition coefficient (Wildman–Crippen LogP) is 1.73. The number of methoxy groups -OCH3 is 1. The summed E-state index contributed by atoms with van der Waals surface area (Å²) in [5.41, 5.74) is 0.935. The molecule has 138 valence electrons. The van der Waals surface area contributed by atoms with Gasteiger partial charge in [-0.05, 0) is 29.8 Å². The largest absolute Gasteiger partial charge is 0.486 e. The minimum Gasteiger partial charge on any atom is -0.486 e. The van der Waals surface area contributed by atoms with Gasteiger partial charge in [0.15, 0.2) is 11.5 Å². The van der Waals surface area contributed by atoms with Gasteiger partial charge in [-0.1, -0.05) is 24.3 Å². The first-order chi connectivity index (χ1) is 12.5. The Morgan fingerprint density at radius 2 is 1.85 bits per heavy atom. The van der Waals surface area contributed by atoms with Crippen LogP contribution < -0.4 is 14.2 Å². The number of esters is 1. The Bertz CT molecular complexity index is 879. The van der Waals surface area contributed by atoms with E-state index in [0.29, 0.717) is 22.6 Å². The van der Waals surface area contributed by atoms with Gasteiger partial charge in [0.25, 0.3) is 0 Å². The molecule has 8 heteroatoms. The van der Waals surface area contributed by atoms with Crippen LogP contribution in [0.15, 0.2) is 48.5 Å². The first-order valence-corrected chi connectivity index (χ1v) is 9.65. The highest BCUT2D eigenvalue weighted by Gasteiger charge is 2.22. The monoisotopic (exact) mass is 377 g/mol. The molecule has 26 heavy (non-hydrogen) atoms. The first kappa shape index (κ1) is 18.2. The van der Waals surface area contributed by atoms with Crippen molar-refractivity contribution in [1.82, 2.24) is 4.72 Å². The van der Waals surface area contributed by atoms with Crippen LogP contribution in [0.25, 0.3) is 0 Å². The highest BCUT2D eigenvalue weighted by Crippen LogP contribution is 2.30. The van der Waals surface area contributed by atoms with Crippen molar-refractivity contribution in [3.05, 3.63) is 59.7 Å². The van der Waals surface area contributed by atoms with Gasteiger partial charge in [-0.2, -0.15) is 0 Å². The summed E-state index contributed by atoms with van der Waals surface area (Å²) in [5.74, 6) is 0.587. The van der Waals surface area contributed by atoms with Crippen molar-refractivity contribution in [2.75, 3.05) is 20.3 Å². The quantitative estimate of drug-likeness (QED) is 0.771. The number of rotatable bonds is 6. The Hall–Kier alpha value is -2.58. The number of fused-ring (bicyclic) bond motifs is 1. The van der Waals surface area contributed by atoms with Gasteiger partial charge >= 0.3 is 5.97 Å². The molecular weight excluding hydrogens is 358 g/mol. The Balaban J connectivity index is 1.55. The molecule has 1 N–H and O–H groups in total. The van der Waals surface area contributed by atoms with Crippen molar-refractivity contribution in [3.8, 4) is 11.5 Å². The number of hydrogen-bond acceptors (Lipinski definition) is 6. The van der Waals surface area contributed by atoms with Gasteiger partial charge in [0, 0.05) is 0 Å². The van der Waals surface area contributed by atoms with Gasteiger partial charge in [0.1, 0.15) is 12.7 Å². The summed E-state index contributed by atoms with van der Waals surface area (Å²) in [5, 5.41) is 0. The second-order valence-corrected chi connectivity index (χ2v) is 7.60. The van der Waals surface area contributed by atoms with Crippen molar-refractivity contribution < 1.29 is 27.4 Å². The van der Waals surface area contributed by atoms with Crippen LogP contribution in [0.1, 0.15) is 15.9 Å². The lowest BCUT2D eigenvalue weighted by atomic mass is 10.1. The number of carbonyl (C=O) groups excluding carboxylic acids is 1. The summed E-state index contributed by atoms with van der Waals surface area (Å²) in [7, 11) is -2.26. The summed E-state index contributed by atoms with van der Waals surface area (Å²) in [4.78, 5) is 11.4. The van der Waals surface area contributed by atoms with Gasteiger partial charge in [0.05, 0.1) is 25.0 Å². The molecule has 1 aliphatic rings. The predicted molar refractivity (Wildman–Crippen MR) is 94.8 cm³/mol. The molecule has 2 aromatic carbocycles. The average molecular weight is 377 g/mol. The number of hydrogen-bond donors (Lipinski definition) is 1. The summed E-state index contributed by atoms with van der Waals surface area (Å²) >= 11 is 0. The minimum atomic E-state index is -3.55. The van der Waals surface area contributed by atoms with Gasteiger partial charge in [0.2, 0.25) is 10.0 Å². The maximum absolute atomic E-state index is 12.3. The normalized spacial score (nSPS) is 16.1. The number of ether oxygens (including phenoxy) is 3. The number of carbonyl (C=O) groups is 1. The molecule has 0 bridgehead atoms. The second kappa shape index (κ2) is 7.76. The molecule has 0 aromatic heterocycles. The summed E-state index contributed by atoms with van der Waals surface area (Å²) in [6.07, 6.45) is -0.402. The lowest BCUT2D eigenvalue weighted by Crippen LogP contribution is -2.41. The Labute approximate surface area is 151 Å². The summed E-state index contributed by atoms with van der Waals surface area (Å²) < 4.78 is 43.0. The van der Waals surface area contributed by atoms with E-state index in [4.69, 9.17) is 9.47 Å². The van der Waals surface area contributed by atoms with Crippen LogP contribution in [0.5, 0.6) is 11.5 Å². The lowest BCUT2D eigenvalue weighted by Gasteiger charge is -2.26. The van der Waals surface area contributed by atoms with E-state index in [1.165, 1.54) is 19.2 Å². The molecule has 7 nitrogen and oxygen atoms in total. The maximum Gasteiger partial charge on any atom is 0.337 e. The van der Waals surface area contributed by atoms with E-state index in [1.54, 1.807) is 24.3 Å². The summed E-state index contributed by atoms with van der Waals surface area (Å²) in [6.45, 7) is 0.379. The SMILES string of the molecule is COC(=O)c1ccc(CS(=O)(=O)NC[C@H]2COc3ccccc3O2)cc1. The van der Waals surface area contributed by atoms with Gasteiger partial charge < -0.3 is 14.2 Å². The van der Waals surface area contributed by atoms with Crippen LogP contribution in [-0.4, -0.2) is 40.8 Å². The third kappa shape index (κ3) is 4.53. The van der Waals surface area contributed by atoms with Gasteiger partial charge in [-0.25, -0.2) is 17.9 Å². The molecule has 0 aliphatic carbocycles. The fourth-order valence-electron chi connectivity index (χ4n) is 2.51. The fourth-order valence-corrected chi connectivity index (χ4v) is 3.68. The first-order valence-electron chi connectivity index (χ1n) is 8.00. The number of sulfonamides is 1. The van der Waals surface area contributed by atoms with E-state index in [-0.39, 0.29) is 18.9 Å². The van der Waals surface area contributed by atoms with E-state index in [2.05, 4.69) is 9.46 Å². The van der Waals surface area contributed by atoms with Crippen molar-refractivity contribution in [2.24, 2.45) is 0 Å². The zero-order valence-corrected chi connectivity index (χ0v) is 15.0. The molecule has 0 unspecified atom stereocenters. The summed E-state index contributed by atoms with van der Waals surface area (Å²) in [6, 6.07) is 13.5. The van der Waals surface area contributed by atoms with E-state index >= 15 is 0 Å². The van der Waals surface area contributed by atoms with Crippen LogP contribution in [0, 0.1) is 0 Å². The molecule has 0 saturated heterocycles. The number of para-hydroxylation sites is 2. The highest BCUT2D eigenvalue weighted by atomic mass is 32.2. The number of nitrogens with one attached hydrogen (secondary N) is 1. The molecular formula is C18H19NO6S. The third-order valence-electron chi connectivity index (χ3n) is 3.83. The van der Waals surface area contributed by atoms with E-state index in [9.17, 15) is 13.2 Å². The molecule has 0 spiro atoms. The zero-order valence-electron chi connectivity index (χ0n) is 14.2. The van der Waals surface area contributed by atoms with Crippen molar-refractivity contribution in [3.63, 3.8) is 0 Å². The molecule has 2 aromatic rings. The Morgan fingerprint density at radius 1 is 1.15 bits per heavy atom.